The van der Waals surface area contributed by atoms with Crippen molar-refractivity contribution in [3.63, 3.8) is 0 Å². The molecule has 0 aromatic carbocycles. The normalized spacial score (nSPS) is 24.6. The van der Waals surface area contributed by atoms with E-state index in [-0.39, 0.29) is 30.7 Å². The first-order chi connectivity index (χ1) is 7.83. The molecule has 0 aromatic heterocycles. The van der Waals surface area contributed by atoms with Gasteiger partial charge in [-0.15, -0.1) is 0 Å². The van der Waals surface area contributed by atoms with E-state index in [1.54, 1.807) is 0 Å². The lowest BCUT2D eigenvalue weighted by atomic mass is 9.94. The molecule has 2 atom stereocenters. The Morgan fingerprint density at radius 1 is 1.53 bits per heavy atom. The molecule has 0 N–H and O–H groups in total. The predicted octanol–water partition coefficient (Wildman–Crippen LogP) is 3.46. The van der Waals surface area contributed by atoms with Gasteiger partial charge in [0.1, 0.15) is 0 Å². The number of hydrogen-bond donors (Lipinski definition) is 0. The fraction of sp³-hybridized carbons (Fsp3) is 0.923. The number of nitrogens with zero attached hydrogens (tertiary/aromatic N) is 1. The number of amides is 1. The first-order valence-electron chi connectivity index (χ1n) is 6.50. The van der Waals surface area contributed by atoms with Crippen LogP contribution in [0.5, 0.6) is 0 Å². The van der Waals surface area contributed by atoms with Crippen LogP contribution >= 0.6 is 0 Å². The SMILES string of the molecule is CCC(C)N1CCCC(CC(C)(F)F)CC1=O. The molecule has 2 nitrogen and oxygen atoms in total. The zero-order valence-electron chi connectivity index (χ0n) is 11.0. The van der Waals surface area contributed by atoms with Gasteiger partial charge in [-0.25, -0.2) is 8.78 Å². The summed E-state index contributed by atoms with van der Waals surface area (Å²) in [6, 6.07) is 0.225. The zero-order valence-corrected chi connectivity index (χ0v) is 11.0. The molecular formula is C13H23F2NO. The van der Waals surface area contributed by atoms with Crippen LogP contribution in [0, 0.1) is 5.92 Å². The maximum atomic E-state index is 13.0. The molecular weight excluding hydrogens is 224 g/mol. The number of carbonyl (C=O) groups is 1. The van der Waals surface area contributed by atoms with Crippen LogP contribution < -0.4 is 0 Å². The Hall–Kier alpha value is -0.670. The molecule has 0 radical (unpaired) electrons. The highest BCUT2D eigenvalue weighted by Crippen LogP contribution is 2.30. The van der Waals surface area contributed by atoms with Crippen LogP contribution in [-0.2, 0) is 4.79 Å². The first kappa shape index (κ1) is 14.4. The fourth-order valence-corrected chi connectivity index (χ4v) is 2.51. The highest BCUT2D eigenvalue weighted by molar-refractivity contribution is 5.77. The summed E-state index contributed by atoms with van der Waals surface area (Å²) in [6.07, 6.45) is 2.63. The Balaban J connectivity index is 2.59. The minimum atomic E-state index is -2.66. The molecule has 17 heavy (non-hydrogen) atoms. The average molecular weight is 247 g/mol. The van der Waals surface area contributed by atoms with Crippen molar-refractivity contribution < 1.29 is 13.6 Å². The largest absolute Gasteiger partial charge is 0.340 e. The molecule has 4 heteroatoms. The van der Waals surface area contributed by atoms with Gasteiger partial charge in [0.05, 0.1) is 0 Å². The number of likely N-dealkylation sites (tertiary alicyclic amines) is 1. The third-order valence-corrected chi connectivity index (χ3v) is 3.57. The second kappa shape index (κ2) is 5.78. The fourth-order valence-electron chi connectivity index (χ4n) is 2.51. The monoisotopic (exact) mass is 247 g/mol. The van der Waals surface area contributed by atoms with Crippen molar-refractivity contribution in [3.8, 4) is 0 Å². The summed E-state index contributed by atoms with van der Waals surface area (Å²) in [5.74, 6) is -2.76. The van der Waals surface area contributed by atoms with E-state index in [9.17, 15) is 13.6 Å². The van der Waals surface area contributed by atoms with Crippen molar-refractivity contribution in [1.29, 1.82) is 0 Å². The summed E-state index contributed by atoms with van der Waals surface area (Å²) in [4.78, 5) is 13.8. The van der Waals surface area contributed by atoms with Crippen molar-refractivity contribution in [2.75, 3.05) is 6.54 Å². The Bertz CT molecular complexity index is 263. The molecule has 0 spiro atoms. The van der Waals surface area contributed by atoms with Crippen molar-refractivity contribution in [3.05, 3.63) is 0 Å². The molecule has 0 aromatic rings. The summed E-state index contributed by atoms with van der Waals surface area (Å²) < 4.78 is 25.9. The maximum Gasteiger partial charge on any atom is 0.245 e. The van der Waals surface area contributed by atoms with E-state index in [0.29, 0.717) is 0 Å². The molecule has 1 heterocycles. The van der Waals surface area contributed by atoms with Crippen LogP contribution in [0.15, 0.2) is 0 Å². The van der Waals surface area contributed by atoms with Gasteiger partial charge in [-0.3, -0.25) is 4.79 Å². The van der Waals surface area contributed by atoms with E-state index in [2.05, 4.69) is 0 Å². The van der Waals surface area contributed by atoms with E-state index >= 15 is 0 Å². The van der Waals surface area contributed by atoms with Crippen LogP contribution in [0.4, 0.5) is 8.78 Å². The third-order valence-electron chi connectivity index (χ3n) is 3.57. The molecule has 0 bridgehead atoms. The number of carbonyl (C=O) groups excluding carboxylic acids is 1. The molecule has 0 aliphatic carbocycles. The predicted molar refractivity (Wildman–Crippen MR) is 64.0 cm³/mol. The second-order valence-electron chi connectivity index (χ2n) is 5.33. The number of alkyl halides is 2. The molecule has 0 saturated carbocycles. The molecule has 1 amide bonds. The van der Waals surface area contributed by atoms with E-state index < -0.39 is 5.92 Å². The van der Waals surface area contributed by atoms with Crippen molar-refractivity contribution in [1.82, 2.24) is 4.90 Å². The third kappa shape index (κ3) is 4.60. The van der Waals surface area contributed by atoms with Gasteiger partial charge >= 0.3 is 0 Å². The smallest absolute Gasteiger partial charge is 0.245 e. The summed E-state index contributed by atoms with van der Waals surface area (Å²) in [5, 5.41) is 0. The van der Waals surface area contributed by atoms with Gasteiger partial charge in [0.25, 0.3) is 0 Å². The minimum Gasteiger partial charge on any atom is -0.340 e. The van der Waals surface area contributed by atoms with Crippen molar-refractivity contribution in [2.45, 2.75) is 64.8 Å². The van der Waals surface area contributed by atoms with Crippen molar-refractivity contribution in [2.24, 2.45) is 5.92 Å². The molecule has 2 unspecified atom stereocenters. The Labute approximate surface area is 102 Å². The lowest BCUT2D eigenvalue weighted by Crippen LogP contribution is -2.38. The zero-order chi connectivity index (χ0) is 13.1. The second-order valence-corrected chi connectivity index (χ2v) is 5.33. The van der Waals surface area contributed by atoms with Crippen LogP contribution in [0.1, 0.15) is 52.9 Å². The molecule has 100 valence electrons. The highest BCUT2D eigenvalue weighted by atomic mass is 19.3. The Kier molecular flexibility index (Phi) is 4.90. The van der Waals surface area contributed by atoms with Gasteiger partial charge in [-0.2, -0.15) is 0 Å². The van der Waals surface area contributed by atoms with Gasteiger partial charge in [0, 0.05) is 25.4 Å². The number of hydrogen-bond acceptors (Lipinski definition) is 1. The van der Waals surface area contributed by atoms with E-state index in [1.165, 1.54) is 0 Å². The summed E-state index contributed by atoms with van der Waals surface area (Å²) in [7, 11) is 0. The molecule has 1 aliphatic rings. The minimum absolute atomic E-state index is 0.0473. The van der Waals surface area contributed by atoms with E-state index in [4.69, 9.17) is 0 Å². The lowest BCUT2D eigenvalue weighted by Gasteiger charge is -2.27. The van der Waals surface area contributed by atoms with Crippen LogP contribution in [0.3, 0.4) is 0 Å². The molecule has 1 rings (SSSR count). The van der Waals surface area contributed by atoms with Crippen LogP contribution in [-0.4, -0.2) is 29.3 Å². The first-order valence-corrected chi connectivity index (χ1v) is 6.50. The van der Waals surface area contributed by atoms with Gasteiger partial charge < -0.3 is 4.90 Å². The van der Waals surface area contributed by atoms with Gasteiger partial charge in [0.2, 0.25) is 11.8 Å². The standard InChI is InChI=1S/C13H23F2NO/c1-4-10(2)16-7-5-6-11(8-12(16)17)9-13(3,14)15/h10-11H,4-9H2,1-3H3. The maximum absolute atomic E-state index is 13.0. The summed E-state index contributed by atoms with van der Waals surface area (Å²) in [5.41, 5.74) is 0. The van der Waals surface area contributed by atoms with Gasteiger partial charge in [0.15, 0.2) is 0 Å². The van der Waals surface area contributed by atoms with Crippen molar-refractivity contribution >= 4 is 5.91 Å². The van der Waals surface area contributed by atoms with Crippen LogP contribution in [0.25, 0.3) is 0 Å². The highest BCUT2D eigenvalue weighted by Gasteiger charge is 2.32. The average Bonchev–Trinajstić information content (AvgIpc) is 2.36. The molecule has 1 saturated heterocycles. The summed E-state index contributed by atoms with van der Waals surface area (Å²) >= 11 is 0. The quantitative estimate of drug-likeness (QED) is 0.745. The van der Waals surface area contributed by atoms with Gasteiger partial charge in [-0.1, -0.05) is 6.92 Å². The molecule has 1 fully saturated rings. The van der Waals surface area contributed by atoms with Gasteiger partial charge in [-0.05, 0) is 39.0 Å². The Morgan fingerprint density at radius 3 is 2.71 bits per heavy atom. The summed E-state index contributed by atoms with van der Waals surface area (Å²) in [6.45, 7) is 5.72. The van der Waals surface area contributed by atoms with E-state index in [0.717, 1.165) is 32.7 Å². The topological polar surface area (TPSA) is 20.3 Å². The van der Waals surface area contributed by atoms with Crippen LogP contribution in [0.2, 0.25) is 0 Å². The molecule has 1 aliphatic heterocycles. The number of halogens is 2. The Morgan fingerprint density at radius 2 is 2.18 bits per heavy atom. The number of rotatable bonds is 4. The lowest BCUT2D eigenvalue weighted by molar-refractivity contribution is -0.133. The van der Waals surface area contributed by atoms with E-state index in [1.807, 2.05) is 18.7 Å².